The summed E-state index contributed by atoms with van der Waals surface area (Å²) in [4.78, 5) is 0. The molecule has 0 saturated heterocycles. The first-order chi connectivity index (χ1) is 11.0. The number of hydrogen-bond donors (Lipinski definition) is 1. The van der Waals surface area contributed by atoms with Crippen LogP contribution >= 0.6 is 0 Å². The second-order valence-electron chi connectivity index (χ2n) is 5.48. The van der Waals surface area contributed by atoms with Gasteiger partial charge in [-0.2, -0.15) is 5.10 Å². The highest BCUT2D eigenvalue weighted by Crippen LogP contribution is 2.38. The predicted molar refractivity (Wildman–Crippen MR) is 89.3 cm³/mol. The van der Waals surface area contributed by atoms with Crippen LogP contribution in [0.25, 0.3) is 0 Å². The van der Waals surface area contributed by atoms with Gasteiger partial charge in [-0.1, -0.05) is 0 Å². The largest absolute Gasteiger partial charge is 0.493 e. The maximum Gasteiger partial charge on any atom is 0.203 e. The minimum absolute atomic E-state index is 0.197. The van der Waals surface area contributed by atoms with Crippen molar-refractivity contribution < 1.29 is 14.2 Å². The zero-order chi connectivity index (χ0) is 17.0. The standard InChI is InChI=1S/C17H25N3O3/c1-11(14-10-20(3)19-12(14)2)18-9-13-7-15(21-4)17(23-6)16(8-13)22-5/h7-8,10-11,18H,9H2,1-6H3. The van der Waals surface area contributed by atoms with Crippen LogP contribution in [0.1, 0.15) is 29.8 Å². The fraction of sp³-hybridized carbons (Fsp3) is 0.471. The monoisotopic (exact) mass is 319 g/mol. The fourth-order valence-corrected chi connectivity index (χ4v) is 2.66. The molecule has 6 nitrogen and oxygen atoms in total. The Kier molecular flexibility index (Phi) is 5.50. The van der Waals surface area contributed by atoms with Crippen molar-refractivity contribution >= 4 is 0 Å². The van der Waals surface area contributed by atoms with Gasteiger partial charge in [-0.15, -0.1) is 0 Å². The summed E-state index contributed by atoms with van der Waals surface area (Å²) >= 11 is 0. The van der Waals surface area contributed by atoms with E-state index >= 15 is 0 Å². The summed E-state index contributed by atoms with van der Waals surface area (Å²) in [6.07, 6.45) is 2.04. The molecule has 2 rings (SSSR count). The van der Waals surface area contributed by atoms with E-state index in [2.05, 4.69) is 17.3 Å². The maximum absolute atomic E-state index is 5.39. The van der Waals surface area contributed by atoms with Gasteiger partial charge in [-0.25, -0.2) is 0 Å². The first-order valence-corrected chi connectivity index (χ1v) is 7.52. The maximum atomic E-state index is 5.39. The lowest BCUT2D eigenvalue weighted by atomic mass is 10.1. The van der Waals surface area contributed by atoms with E-state index in [0.717, 1.165) is 11.3 Å². The second kappa shape index (κ2) is 7.37. The molecule has 0 saturated carbocycles. The Morgan fingerprint density at radius 2 is 1.74 bits per heavy atom. The highest BCUT2D eigenvalue weighted by atomic mass is 16.5. The number of nitrogens with one attached hydrogen (secondary N) is 1. The van der Waals surface area contributed by atoms with E-state index in [-0.39, 0.29) is 6.04 Å². The Labute approximate surface area is 137 Å². The molecule has 1 aromatic carbocycles. The average Bonchev–Trinajstić information content (AvgIpc) is 2.89. The molecule has 1 unspecified atom stereocenters. The Morgan fingerprint density at radius 1 is 1.13 bits per heavy atom. The van der Waals surface area contributed by atoms with Crippen LogP contribution in [0.3, 0.4) is 0 Å². The van der Waals surface area contributed by atoms with Gasteiger partial charge in [0.1, 0.15) is 0 Å². The average molecular weight is 319 g/mol. The summed E-state index contributed by atoms with van der Waals surface area (Å²) < 4.78 is 18.0. The number of rotatable bonds is 7. The van der Waals surface area contributed by atoms with Crippen LogP contribution in [0.5, 0.6) is 17.2 Å². The number of ether oxygens (including phenoxy) is 3. The number of benzene rings is 1. The van der Waals surface area contributed by atoms with E-state index in [1.54, 1.807) is 21.3 Å². The molecule has 0 aliphatic carbocycles. The molecule has 23 heavy (non-hydrogen) atoms. The van der Waals surface area contributed by atoms with Crippen LogP contribution in [0.2, 0.25) is 0 Å². The lowest BCUT2D eigenvalue weighted by Crippen LogP contribution is -2.18. The van der Waals surface area contributed by atoms with Crippen molar-refractivity contribution in [3.8, 4) is 17.2 Å². The minimum atomic E-state index is 0.197. The first kappa shape index (κ1) is 17.1. The molecule has 2 aromatic rings. The van der Waals surface area contributed by atoms with Crippen LogP contribution in [0.15, 0.2) is 18.3 Å². The molecule has 0 amide bonds. The molecular formula is C17H25N3O3. The molecule has 6 heteroatoms. The van der Waals surface area contributed by atoms with Crippen molar-refractivity contribution in [2.24, 2.45) is 7.05 Å². The molecular weight excluding hydrogens is 294 g/mol. The van der Waals surface area contributed by atoms with Crippen molar-refractivity contribution in [1.82, 2.24) is 15.1 Å². The molecule has 1 atom stereocenters. The molecule has 0 radical (unpaired) electrons. The zero-order valence-corrected chi connectivity index (χ0v) is 14.6. The van der Waals surface area contributed by atoms with Gasteiger partial charge in [-0.3, -0.25) is 4.68 Å². The van der Waals surface area contributed by atoms with Crippen molar-refractivity contribution in [2.75, 3.05) is 21.3 Å². The van der Waals surface area contributed by atoms with Gasteiger partial charge in [0.15, 0.2) is 11.5 Å². The summed E-state index contributed by atoms with van der Waals surface area (Å²) in [6, 6.07) is 4.11. The lowest BCUT2D eigenvalue weighted by molar-refractivity contribution is 0.323. The molecule has 0 bridgehead atoms. The minimum Gasteiger partial charge on any atom is -0.493 e. The SMILES string of the molecule is COc1cc(CNC(C)c2cn(C)nc2C)cc(OC)c1OC. The molecule has 0 aliphatic heterocycles. The molecule has 1 aromatic heterocycles. The van der Waals surface area contributed by atoms with E-state index in [9.17, 15) is 0 Å². The van der Waals surface area contributed by atoms with Gasteiger partial charge in [0, 0.05) is 31.4 Å². The second-order valence-corrected chi connectivity index (χ2v) is 5.48. The van der Waals surface area contributed by atoms with E-state index in [4.69, 9.17) is 14.2 Å². The van der Waals surface area contributed by atoms with Crippen LogP contribution < -0.4 is 19.5 Å². The third-order valence-corrected chi connectivity index (χ3v) is 3.85. The molecule has 0 aliphatic rings. The summed E-state index contributed by atoms with van der Waals surface area (Å²) in [5.74, 6) is 1.93. The van der Waals surface area contributed by atoms with E-state index in [1.165, 1.54) is 5.56 Å². The van der Waals surface area contributed by atoms with E-state index < -0.39 is 0 Å². The van der Waals surface area contributed by atoms with Crippen molar-refractivity contribution in [2.45, 2.75) is 26.4 Å². The molecule has 0 spiro atoms. The fourth-order valence-electron chi connectivity index (χ4n) is 2.66. The van der Waals surface area contributed by atoms with Gasteiger partial charge < -0.3 is 19.5 Å². The third kappa shape index (κ3) is 3.76. The molecule has 1 heterocycles. The number of methoxy groups -OCH3 is 3. The molecule has 126 valence electrons. The van der Waals surface area contributed by atoms with Gasteiger partial charge in [-0.05, 0) is 31.5 Å². The molecule has 0 fully saturated rings. The first-order valence-electron chi connectivity index (χ1n) is 7.52. The van der Waals surface area contributed by atoms with Crippen LogP contribution in [-0.4, -0.2) is 31.1 Å². The normalized spacial score (nSPS) is 12.1. The summed E-state index contributed by atoms with van der Waals surface area (Å²) in [5.41, 5.74) is 3.30. The van der Waals surface area contributed by atoms with Gasteiger partial charge in [0.25, 0.3) is 0 Å². The van der Waals surface area contributed by atoms with Gasteiger partial charge in [0.05, 0.1) is 27.0 Å². The predicted octanol–water partition coefficient (Wildman–Crippen LogP) is 2.61. The Morgan fingerprint density at radius 3 is 2.17 bits per heavy atom. The summed E-state index contributed by atoms with van der Waals surface area (Å²) in [6.45, 7) is 4.83. The number of hydrogen-bond acceptors (Lipinski definition) is 5. The zero-order valence-electron chi connectivity index (χ0n) is 14.6. The van der Waals surface area contributed by atoms with Gasteiger partial charge in [0.2, 0.25) is 5.75 Å². The van der Waals surface area contributed by atoms with Crippen molar-refractivity contribution in [3.05, 3.63) is 35.2 Å². The number of aryl methyl sites for hydroxylation is 2. The van der Waals surface area contributed by atoms with Crippen LogP contribution in [-0.2, 0) is 13.6 Å². The Bertz CT molecular complexity index is 642. The highest BCUT2D eigenvalue weighted by molar-refractivity contribution is 5.53. The highest BCUT2D eigenvalue weighted by Gasteiger charge is 2.15. The smallest absolute Gasteiger partial charge is 0.203 e. The van der Waals surface area contributed by atoms with Gasteiger partial charge >= 0.3 is 0 Å². The lowest BCUT2D eigenvalue weighted by Gasteiger charge is -2.16. The number of nitrogens with zero attached hydrogens (tertiary/aromatic N) is 2. The van der Waals surface area contributed by atoms with Crippen molar-refractivity contribution in [3.63, 3.8) is 0 Å². The van der Waals surface area contributed by atoms with E-state index in [0.29, 0.717) is 23.8 Å². The van der Waals surface area contributed by atoms with Crippen LogP contribution in [0, 0.1) is 6.92 Å². The topological polar surface area (TPSA) is 57.5 Å². The quantitative estimate of drug-likeness (QED) is 0.850. The van der Waals surface area contributed by atoms with Crippen molar-refractivity contribution in [1.29, 1.82) is 0 Å². The summed E-state index contributed by atoms with van der Waals surface area (Å²) in [5, 5.41) is 7.89. The Hall–Kier alpha value is -2.21. The van der Waals surface area contributed by atoms with Crippen LogP contribution in [0.4, 0.5) is 0 Å². The number of aromatic nitrogens is 2. The summed E-state index contributed by atoms with van der Waals surface area (Å²) in [7, 11) is 6.78. The third-order valence-electron chi connectivity index (χ3n) is 3.85. The molecule has 1 N–H and O–H groups in total. The van der Waals surface area contributed by atoms with E-state index in [1.807, 2.05) is 37.0 Å². The Balaban J connectivity index is 2.15.